The van der Waals surface area contributed by atoms with E-state index < -0.39 is 41.3 Å². The number of fused-ring (bicyclic) bond motifs is 2. The summed E-state index contributed by atoms with van der Waals surface area (Å²) < 4.78 is 52.6. The van der Waals surface area contributed by atoms with Gasteiger partial charge in [0, 0.05) is 21.7 Å². The molecule has 9 heteroatoms. The van der Waals surface area contributed by atoms with Gasteiger partial charge in [-0.05, 0) is 30.3 Å². The van der Waals surface area contributed by atoms with Crippen LogP contribution in [0, 0.1) is 0 Å². The third-order valence-electron chi connectivity index (χ3n) is 6.03. The number of carbonyl (C=O) groups is 2. The second-order valence-electron chi connectivity index (χ2n) is 8.52. The number of ether oxygens (including phenoxy) is 2. The van der Waals surface area contributed by atoms with Crippen molar-refractivity contribution < 1.29 is 32.2 Å². The fourth-order valence-corrected chi connectivity index (χ4v) is 4.48. The zero-order chi connectivity index (χ0) is 26.9. The van der Waals surface area contributed by atoms with Crippen LogP contribution in [-0.2, 0) is 20.5 Å². The molecule has 0 radical (unpaired) electrons. The highest BCUT2D eigenvalue weighted by atomic mass is 35.5. The highest BCUT2D eigenvalue weighted by Gasteiger charge is 2.38. The lowest BCUT2D eigenvalue weighted by Crippen LogP contribution is -2.30. The van der Waals surface area contributed by atoms with Gasteiger partial charge in [0.15, 0.2) is 0 Å². The summed E-state index contributed by atoms with van der Waals surface area (Å²) in [6.07, 6.45) is -6.32. The quantitative estimate of drug-likeness (QED) is 0.267. The summed E-state index contributed by atoms with van der Waals surface area (Å²) in [6, 6.07) is 25.0. The van der Waals surface area contributed by atoms with Gasteiger partial charge in [0.2, 0.25) is 6.10 Å². The maximum Gasteiger partial charge on any atom is 0.418 e. The lowest BCUT2D eigenvalue weighted by molar-refractivity contribution is -0.155. The van der Waals surface area contributed by atoms with Gasteiger partial charge in [-0.2, -0.15) is 13.2 Å². The second-order valence-corrected chi connectivity index (χ2v) is 8.95. The van der Waals surface area contributed by atoms with Gasteiger partial charge in [-0.1, -0.05) is 78.3 Å². The van der Waals surface area contributed by atoms with Crippen LogP contribution in [0.2, 0.25) is 5.02 Å². The SMILES string of the molecule is O=C(O[C@H](C(=O)Nc1ccc(Cl)cc1C(F)(F)F)c1ccccc1)C1c2ccccc2Oc2ccccc21. The first kappa shape index (κ1) is 25.4. The van der Waals surface area contributed by atoms with Crippen LogP contribution in [0.3, 0.4) is 0 Å². The van der Waals surface area contributed by atoms with Gasteiger partial charge in [-0.15, -0.1) is 0 Å². The zero-order valence-electron chi connectivity index (χ0n) is 19.5. The van der Waals surface area contributed by atoms with E-state index in [-0.39, 0.29) is 10.6 Å². The molecule has 1 aliphatic heterocycles. The summed E-state index contributed by atoms with van der Waals surface area (Å²) >= 11 is 5.76. The van der Waals surface area contributed by atoms with E-state index in [1.807, 2.05) is 0 Å². The first-order valence-corrected chi connectivity index (χ1v) is 11.9. The lowest BCUT2D eigenvalue weighted by Gasteiger charge is -2.28. The molecule has 4 aromatic carbocycles. The maximum atomic E-state index is 13.7. The average Bonchev–Trinajstić information content (AvgIpc) is 2.91. The van der Waals surface area contributed by atoms with Gasteiger partial charge in [0.1, 0.15) is 17.4 Å². The van der Waals surface area contributed by atoms with Crippen molar-refractivity contribution >= 4 is 29.2 Å². The predicted octanol–water partition coefficient (Wildman–Crippen LogP) is 7.52. The van der Waals surface area contributed by atoms with Crippen LogP contribution < -0.4 is 10.1 Å². The van der Waals surface area contributed by atoms with Gasteiger partial charge in [0.25, 0.3) is 5.91 Å². The highest BCUT2D eigenvalue weighted by Crippen LogP contribution is 2.45. The van der Waals surface area contributed by atoms with Crippen LogP contribution in [0.15, 0.2) is 97.1 Å². The van der Waals surface area contributed by atoms with Crippen molar-refractivity contribution in [1.29, 1.82) is 0 Å². The number of anilines is 1. The maximum absolute atomic E-state index is 13.7. The summed E-state index contributed by atoms with van der Waals surface area (Å²) in [4.78, 5) is 27.1. The third-order valence-corrected chi connectivity index (χ3v) is 6.27. The molecule has 5 rings (SSSR count). The van der Waals surface area contributed by atoms with Crippen molar-refractivity contribution in [3.8, 4) is 11.5 Å². The summed E-state index contributed by atoms with van der Waals surface area (Å²) in [7, 11) is 0. The Balaban J connectivity index is 1.50. The Kier molecular flexibility index (Phi) is 6.82. The van der Waals surface area contributed by atoms with Crippen LogP contribution in [0.5, 0.6) is 11.5 Å². The number of esters is 1. The molecule has 1 N–H and O–H groups in total. The summed E-state index contributed by atoms with van der Waals surface area (Å²) in [6.45, 7) is 0. The number of para-hydroxylation sites is 2. The van der Waals surface area contributed by atoms with Crippen molar-refractivity contribution in [1.82, 2.24) is 0 Å². The first-order chi connectivity index (χ1) is 18.2. The Hall–Kier alpha value is -4.30. The van der Waals surface area contributed by atoms with Crippen molar-refractivity contribution in [3.05, 3.63) is 124 Å². The number of amides is 1. The first-order valence-electron chi connectivity index (χ1n) is 11.5. The molecule has 1 amide bonds. The van der Waals surface area contributed by atoms with E-state index in [1.54, 1.807) is 78.9 Å². The van der Waals surface area contributed by atoms with Crippen LogP contribution in [-0.4, -0.2) is 11.9 Å². The van der Waals surface area contributed by atoms with E-state index in [2.05, 4.69) is 5.32 Å². The molecule has 0 saturated carbocycles. The highest BCUT2D eigenvalue weighted by molar-refractivity contribution is 6.30. The Labute approximate surface area is 220 Å². The monoisotopic (exact) mass is 537 g/mol. The van der Waals surface area contributed by atoms with Gasteiger partial charge in [0.05, 0.1) is 11.3 Å². The molecule has 1 atom stereocenters. The van der Waals surface area contributed by atoms with Crippen LogP contribution in [0.4, 0.5) is 18.9 Å². The van der Waals surface area contributed by atoms with Gasteiger partial charge >= 0.3 is 12.1 Å². The molecule has 5 nitrogen and oxygen atoms in total. The number of halogens is 4. The molecule has 0 unspecified atom stereocenters. The number of nitrogens with one attached hydrogen (secondary N) is 1. The molecule has 38 heavy (non-hydrogen) atoms. The van der Waals surface area contributed by atoms with Crippen molar-refractivity contribution in [2.24, 2.45) is 0 Å². The third kappa shape index (κ3) is 5.08. The average molecular weight is 538 g/mol. The van der Waals surface area contributed by atoms with E-state index in [0.29, 0.717) is 22.6 Å². The molecule has 0 aromatic heterocycles. The van der Waals surface area contributed by atoms with Crippen molar-refractivity contribution in [2.75, 3.05) is 5.32 Å². The van der Waals surface area contributed by atoms with E-state index >= 15 is 0 Å². The van der Waals surface area contributed by atoms with E-state index in [4.69, 9.17) is 21.1 Å². The molecule has 0 spiro atoms. The molecule has 192 valence electrons. The number of carbonyl (C=O) groups excluding carboxylic acids is 2. The van der Waals surface area contributed by atoms with Gasteiger partial charge in [-0.3, -0.25) is 9.59 Å². The molecule has 0 saturated heterocycles. The predicted molar refractivity (Wildman–Crippen MR) is 135 cm³/mol. The largest absolute Gasteiger partial charge is 0.457 e. The summed E-state index contributed by atoms with van der Waals surface area (Å²) in [5, 5.41) is 2.13. The number of alkyl halides is 3. The van der Waals surface area contributed by atoms with E-state index in [9.17, 15) is 22.8 Å². The molecular formula is C29H19ClF3NO4. The van der Waals surface area contributed by atoms with Gasteiger partial charge < -0.3 is 14.8 Å². The Bertz CT molecular complexity index is 1460. The van der Waals surface area contributed by atoms with Crippen LogP contribution >= 0.6 is 11.6 Å². The normalized spacial score (nSPS) is 13.5. The fraction of sp³-hybridized carbons (Fsp3) is 0.103. The smallest absolute Gasteiger partial charge is 0.418 e. The molecule has 4 aromatic rings. The minimum absolute atomic E-state index is 0.141. The van der Waals surface area contributed by atoms with Gasteiger partial charge in [-0.25, -0.2) is 0 Å². The molecule has 0 fully saturated rings. The standard InChI is InChI=1S/C29H19ClF3NO4/c30-18-14-15-22(21(16-18)29(31,32)33)34-27(35)26(17-8-2-1-3-9-17)38-28(36)25-19-10-4-6-12-23(19)37-24-13-7-5-11-20(24)25/h1-16,25-26H,(H,34,35)/t26-/m0/s1. The fourth-order valence-electron chi connectivity index (χ4n) is 4.31. The minimum Gasteiger partial charge on any atom is -0.457 e. The minimum atomic E-state index is -4.78. The van der Waals surface area contributed by atoms with Crippen LogP contribution in [0.25, 0.3) is 0 Å². The number of benzene rings is 4. The van der Waals surface area contributed by atoms with E-state index in [1.165, 1.54) is 6.07 Å². The van der Waals surface area contributed by atoms with E-state index in [0.717, 1.165) is 12.1 Å². The Morgan fingerprint density at radius 3 is 2.03 bits per heavy atom. The molecular weight excluding hydrogens is 519 g/mol. The van der Waals surface area contributed by atoms with Crippen molar-refractivity contribution in [2.45, 2.75) is 18.2 Å². The number of hydrogen-bond donors (Lipinski definition) is 1. The van der Waals surface area contributed by atoms with Crippen LogP contribution in [0.1, 0.15) is 34.3 Å². The van der Waals surface area contributed by atoms with Crippen molar-refractivity contribution in [3.63, 3.8) is 0 Å². The molecule has 0 aliphatic carbocycles. The summed E-state index contributed by atoms with van der Waals surface area (Å²) in [5.74, 6) is -1.71. The molecule has 1 heterocycles. The topological polar surface area (TPSA) is 64.6 Å². The molecule has 0 bridgehead atoms. The molecule has 1 aliphatic rings. The Morgan fingerprint density at radius 2 is 1.42 bits per heavy atom. The number of hydrogen-bond acceptors (Lipinski definition) is 4. The Morgan fingerprint density at radius 1 is 0.842 bits per heavy atom. The summed E-state index contributed by atoms with van der Waals surface area (Å²) in [5.41, 5.74) is -0.259. The lowest BCUT2D eigenvalue weighted by atomic mass is 9.88. The second kappa shape index (κ2) is 10.2. The number of rotatable bonds is 5. The zero-order valence-corrected chi connectivity index (χ0v) is 20.3.